The van der Waals surface area contributed by atoms with Crippen LogP contribution in [0.4, 0.5) is 0 Å². The van der Waals surface area contributed by atoms with Gasteiger partial charge in [0.05, 0.1) is 0 Å². The summed E-state index contributed by atoms with van der Waals surface area (Å²) in [5.74, 6) is 0.824. The Morgan fingerprint density at radius 1 is 1.16 bits per heavy atom. The molecule has 3 unspecified atom stereocenters. The van der Waals surface area contributed by atoms with Gasteiger partial charge in [0.15, 0.2) is 5.16 Å². The minimum Gasteiger partial charge on any atom is -0.327 e. The van der Waals surface area contributed by atoms with Crippen LogP contribution in [0, 0.1) is 26.7 Å². The zero-order chi connectivity index (χ0) is 14.0. The molecule has 2 rings (SSSR count). The van der Waals surface area contributed by atoms with Crippen LogP contribution in [0.25, 0.3) is 0 Å². The van der Waals surface area contributed by atoms with Crippen LogP contribution in [0.15, 0.2) is 5.16 Å². The molecular formula is C15H25N3S. The van der Waals surface area contributed by atoms with Crippen LogP contribution in [0.3, 0.4) is 0 Å². The average Bonchev–Trinajstić information content (AvgIpc) is 2.38. The van der Waals surface area contributed by atoms with Gasteiger partial charge < -0.3 is 5.73 Å². The fourth-order valence-corrected chi connectivity index (χ4v) is 4.00. The topological polar surface area (TPSA) is 51.8 Å². The van der Waals surface area contributed by atoms with Crippen LogP contribution < -0.4 is 5.73 Å². The fourth-order valence-electron chi connectivity index (χ4n) is 2.67. The lowest BCUT2D eigenvalue weighted by molar-refractivity contribution is 0.327. The molecule has 1 aromatic rings. The van der Waals surface area contributed by atoms with E-state index in [9.17, 15) is 0 Å². The molecule has 0 bridgehead atoms. The number of hydrogen-bond donors (Lipinski definition) is 1. The minimum atomic E-state index is 0.290. The van der Waals surface area contributed by atoms with Crippen LogP contribution in [0.1, 0.15) is 49.6 Å². The van der Waals surface area contributed by atoms with E-state index in [1.54, 1.807) is 11.8 Å². The molecule has 1 fully saturated rings. The van der Waals surface area contributed by atoms with Gasteiger partial charge in [0.2, 0.25) is 0 Å². The van der Waals surface area contributed by atoms with Crippen molar-refractivity contribution in [3.05, 3.63) is 17.0 Å². The number of aromatic nitrogens is 2. The molecule has 19 heavy (non-hydrogen) atoms. The van der Waals surface area contributed by atoms with Crippen molar-refractivity contribution >= 4 is 11.8 Å². The van der Waals surface area contributed by atoms with Crippen LogP contribution >= 0.6 is 11.8 Å². The van der Waals surface area contributed by atoms with Gasteiger partial charge in [-0.25, -0.2) is 9.97 Å². The first-order valence-electron chi connectivity index (χ1n) is 7.25. The molecule has 4 heteroatoms. The number of nitrogens with two attached hydrogens (primary N) is 1. The Labute approximate surface area is 120 Å². The number of aryl methyl sites for hydroxylation is 2. The smallest absolute Gasteiger partial charge is 0.188 e. The summed E-state index contributed by atoms with van der Waals surface area (Å²) in [7, 11) is 0. The van der Waals surface area contributed by atoms with Crippen molar-refractivity contribution in [2.24, 2.45) is 11.7 Å². The summed E-state index contributed by atoms with van der Waals surface area (Å²) < 4.78 is 0. The highest BCUT2D eigenvalue weighted by molar-refractivity contribution is 7.99. The molecule has 2 N–H and O–H groups in total. The van der Waals surface area contributed by atoms with Crippen LogP contribution in [0.2, 0.25) is 0 Å². The Morgan fingerprint density at radius 2 is 1.79 bits per heavy atom. The maximum Gasteiger partial charge on any atom is 0.188 e. The lowest BCUT2D eigenvalue weighted by atomic mass is 9.84. The predicted molar refractivity (Wildman–Crippen MR) is 81.5 cm³/mol. The standard InChI is InChI=1S/C15H25N3S/c1-5-12-6-7-13(16)14(8-12)19-15-17-10(3)9(2)11(4)18-15/h12-14H,5-8,16H2,1-4H3. The van der Waals surface area contributed by atoms with E-state index in [0.717, 1.165) is 28.9 Å². The predicted octanol–water partition coefficient (Wildman–Crippen LogP) is 3.40. The lowest BCUT2D eigenvalue weighted by Crippen LogP contribution is -2.38. The highest BCUT2D eigenvalue weighted by Crippen LogP contribution is 2.35. The number of nitrogens with zero attached hydrogens (tertiary/aromatic N) is 2. The Hall–Kier alpha value is -0.610. The SMILES string of the molecule is CCC1CCC(N)C(Sc2nc(C)c(C)c(C)n2)C1. The van der Waals surface area contributed by atoms with Gasteiger partial charge in [0, 0.05) is 22.7 Å². The monoisotopic (exact) mass is 279 g/mol. The van der Waals surface area contributed by atoms with Gasteiger partial charge in [0.1, 0.15) is 0 Å². The molecule has 1 saturated carbocycles. The first-order chi connectivity index (χ1) is 9.01. The van der Waals surface area contributed by atoms with Crippen molar-refractivity contribution in [3.63, 3.8) is 0 Å². The highest BCUT2D eigenvalue weighted by atomic mass is 32.2. The third-order valence-corrected chi connectivity index (χ3v) is 5.64. The third-order valence-electron chi connectivity index (χ3n) is 4.40. The van der Waals surface area contributed by atoms with Gasteiger partial charge in [-0.3, -0.25) is 0 Å². The maximum atomic E-state index is 6.27. The number of hydrogen-bond acceptors (Lipinski definition) is 4. The van der Waals surface area contributed by atoms with E-state index in [2.05, 4.69) is 37.7 Å². The van der Waals surface area contributed by atoms with Gasteiger partial charge in [-0.15, -0.1) is 0 Å². The Morgan fingerprint density at radius 3 is 2.37 bits per heavy atom. The van der Waals surface area contributed by atoms with Gasteiger partial charge in [0.25, 0.3) is 0 Å². The highest BCUT2D eigenvalue weighted by Gasteiger charge is 2.28. The molecule has 1 aromatic heterocycles. The molecule has 1 heterocycles. The Kier molecular flexibility index (Phi) is 4.85. The van der Waals surface area contributed by atoms with Gasteiger partial charge in [-0.05, 0) is 51.5 Å². The second-order valence-electron chi connectivity index (χ2n) is 5.71. The van der Waals surface area contributed by atoms with Crippen molar-refractivity contribution in [1.29, 1.82) is 0 Å². The van der Waals surface area contributed by atoms with E-state index in [1.165, 1.54) is 24.8 Å². The maximum absolute atomic E-state index is 6.27. The molecule has 1 aliphatic carbocycles. The quantitative estimate of drug-likeness (QED) is 0.862. The van der Waals surface area contributed by atoms with Crippen LogP contribution in [-0.2, 0) is 0 Å². The van der Waals surface area contributed by atoms with E-state index in [-0.39, 0.29) is 0 Å². The van der Waals surface area contributed by atoms with E-state index in [4.69, 9.17) is 5.73 Å². The van der Waals surface area contributed by atoms with E-state index in [0.29, 0.717) is 11.3 Å². The van der Waals surface area contributed by atoms with E-state index >= 15 is 0 Å². The van der Waals surface area contributed by atoms with Gasteiger partial charge >= 0.3 is 0 Å². The summed E-state index contributed by atoms with van der Waals surface area (Å²) in [4.78, 5) is 9.22. The van der Waals surface area contributed by atoms with Crippen molar-refractivity contribution in [2.45, 2.75) is 69.8 Å². The third kappa shape index (κ3) is 3.48. The molecular weight excluding hydrogens is 254 g/mol. The Balaban J connectivity index is 2.11. The molecule has 0 amide bonds. The van der Waals surface area contributed by atoms with Crippen molar-refractivity contribution in [2.75, 3.05) is 0 Å². The van der Waals surface area contributed by atoms with Gasteiger partial charge in [-0.2, -0.15) is 0 Å². The van der Waals surface area contributed by atoms with Crippen molar-refractivity contribution < 1.29 is 0 Å². The molecule has 0 aromatic carbocycles. The summed E-state index contributed by atoms with van der Waals surface area (Å²) in [6, 6.07) is 0.290. The molecule has 0 saturated heterocycles. The molecule has 3 nitrogen and oxygen atoms in total. The molecule has 0 spiro atoms. The summed E-state index contributed by atoms with van der Waals surface area (Å²) in [5.41, 5.74) is 9.65. The second-order valence-corrected chi connectivity index (χ2v) is 6.92. The molecule has 106 valence electrons. The molecule has 0 aliphatic heterocycles. The first-order valence-corrected chi connectivity index (χ1v) is 8.13. The van der Waals surface area contributed by atoms with E-state index < -0.39 is 0 Å². The molecule has 3 atom stereocenters. The summed E-state index contributed by atoms with van der Waals surface area (Å²) in [5, 5.41) is 1.37. The normalized spacial score (nSPS) is 27.5. The van der Waals surface area contributed by atoms with Crippen molar-refractivity contribution in [3.8, 4) is 0 Å². The number of rotatable bonds is 3. The Bertz CT molecular complexity index is 424. The molecule has 1 aliphatic rings. The lowest BCUT2D eigenvalue weighted by Gasteiger charge is -2.32. The first kappa shape index (κ1) is 14.8. The van der Waals surface area contributed by atoms with E-state index in [1.807, 2.05) is 0 Å². The minimum absolute atomic E-state index is 0.290. The average molecular weight is 279 g/mol. The summed E-state index contributed by atoms with van der Waals surface area (Å²) in [6.07, 6.45) is 4.88. The van der Waals surface area contributed by atoms with Crippen molar-refractivity contribution in [1.82, 2.24) is 9.97 Å². The zero-order valence-electron chi connectivity index (χ0n) is 12.4. The summed E-state index contributed by atoms with van der Waals surface area (Å²) in [6.45, 7) is 8.48. The fraction of sp³-hybridized carbons (Fsp3) is 0.733. The zero-order valence-corrected chi connectivity index (χ0v) is 13.3. The van der Waals surface area contributed by atoms with Gasteiger partial charge in [-0.1, -0.05) is 25.1 Å². The summed E-state index contributed by atoms with van der Waals surface area (Å²) >= 11 is 1.78. The largest absolute Gasteiger partial charge is 0.327 e. The van der Waals surface area contributed by atoms with Crippen LogP contribution in [0.5, 0.6) is 0 Å². The second kappa shape index (κ2) is 6.23. The molecule has 0 radical (unpaired) electrons. The van der Waals surface area contributed by atoms with Crippen LogP contribution in [-0.4, -0.2) is 21.3 Å². The number of thioether (sulfide) groups is 1.